The molecule has 2 aromatic heterocycles. The highest BCUT2D eigenvalue weighted by atomic mass is 16.5. The summed E-state index contributed by atoms with van der Waals surface area (Å²) in [6, 6.07) is 7.63. The third-order valence-corrected chi connectivity index (χ3v) is 3.22. The van der Waals surface area contributed by atoms with Crippen LogP contribution in [0.2, 0.25) is 0 Å². The van der Waals surface area contributed by atoms with Crippen molar-refractivity contribution in [3.8, 4) is 0 Å². The molecule has 0 bridgehead atoms. The first kappa shape index (κ1) is 14.2. The third-order valence-electron chi connectivity index (χ3n) is 3.22. The highest BCUT2D eigenvalue weighted by Crippen LogP contribution is 2.17. The molecule has 0 fully saturated rings. The largest absolute Gasteiger partial charge is 0.344 e. The zero-order valence-corrected chi connectivity index (χ0v) is 12.6. The van der Waals surface area contributed by atoms with Crippen molar-refractivity contribution >= 4 is 16.9 Å². The molecule has 0 atom stereocenters. The van der Waals surface area contributed by atoms with Gasteiger partial charge in [-0.1, -0.05) is 22.5 Å². The first-order valence-corrected chi connectivity index (χ1v) is 6.86. The summed E-state index contributed by atoms with van der Waals surface area (Å²) in [5.41, 5.74) is 1.00. The van der Waals surface area contributed by atoms with Crippen molar-refractivity contribution < 1.29 is 9.32 Å². The second-order valence-corrected chi connectivity index (χ2v) is 5.55. The van der Waals surface area contributed by atoms with Gasteiger partial charge in [0.15, 0.2) is 5.82 Å². The molecule has 0 spiro atoms. The van der Waals surface area contributed by atoms with Gasteiger partial charge in [-0.05, 0) is 26.0 Å². The van der Waals surface area contributed by atoms with Crippen molar-refractivity contribution in [1.82, 2.24) is 30.5 Å². The molecule has 1 aromatic carbocycles. The van der Waals surface area contributed by atoms with Crippen molar-refractivity contribution in [1.29, 1.82) is 0 Å². The number of carbonyl (C=O) groups excluding carboxylic acids is 1. The summed E-state index contributed by atoms with van der Waals surface area (Å²) in [5.74, 6) is 0.671. The Kier molecular flexibility index (Phi) is 3.36. The second-order valence-electron chi connectivity index (χ2n) is 5.55. The molecular weight excluding hydrogens is 284 g/mol. The zero-order chi connectivity index (χ0) is 15.7. The maximum atomic E-state index is 11.2. The van der Waals surface area contributed by atoms with Gasteiger partial charge in [0.1, 0.15) is 12.1 Å². The number of para-hydroxylation sites is 1. The Morgan fingerprint density at radius 1 is 1.36 bits per heavy atom. The van der Waals surface area contributed by atoms with Crippen LogP contribution < -0.4 is 5.32 Å². The predicted molar refractivity (Wildman–Crippen MR) is 77.8 cm³/mol. The van der Waals surface area contributed by atoms with E-state index in [1.54, 1.807) is 4.68 Å². The lowest BCUT2D eigenvalue weighted by atomic mass is 10.1. The van der Waals surface area contributed by atoms with E-state index in [-0.39, 0.29) is 5.91 Å². The Hall–Kier alpha value is -2.77. The average molecular weight is 300 g/mol. The molecule has 0 saturated heterocycles. The molecule has 114 valence electrons. The molecule has 0 radical (unpaired) electrons. The number of aromatic nitrogens is 5. The monoisotopic (exact) mass is 300 g/mol. The van der Waals surface area contributed by atoms with Crippen LogP contribution in [0.4, 0.5) is 0 Å². The fourth-order valence-corrected chi connectivity index (χ4v) is 2.23. The number of fused-ring (bicyclic) bond motifs is 1. The first-order valence-electron chi connectivity index (χ1n) is 6.86. The summed E-state index contributed by atoms with van der Waals surface area (Å²) in [7, 11) is 0. The molecule has 3 aromatic rings. The van der Waals surface area contributed by atoms with Gasteiger partial charge in [0.05, 0.1) is 11.1 Å². The smallest absolute Gasteiger partial charge is 0.248 e. The van der Waals surface area contributed by atoms with Crippen LogP contribution in [0.3, 0.4) is 0 Å². The SMILES string of the molecule is CC(=O)NC(C)(C)c1noc(Cn2nnc3ccccc32)n1. The van der Waals surface area contributed by atoms with Crippen LogP contribution in [0.5, 0.6) is 0 Å². The van der Waals surface area contributed by atoms with Gasteiger partial charge in [0.2, 0.25) is 11.8 Å². The van der Waals surface area contributed by atoms with E-state index >= 15 is 0 Å². The van der Waals surface area contributed by atoms with Crippen LogP contribution in [0.25, 0.3) is 11.0 Å². The Labute approximate surface area is 126 Å². The molecule has 22 heavy (non-hydrogen) atoms. The number of hydrogen-bond donors (Lipinski definition) is 1. The third kappa shape index (κ3) is 2.67. The van der Waals surface area contributed by atoms with Crippen LogP contribution in [0.15, 0.2) is 28.8 Å². The van der Waals surface area contributed by atoms with E-state index in [2.05, 4.69) is 25.8 Å². The number of rotatable bonds is 4. The van der Waals surface area contributed by atoms with Crippen molar-refractivity contribution in [2.75, 3.05) is 0 Å². The minimum absolute atomic E-state index is 0.154. The molecule has 1 amide bonds. The maximum Gasteiger partial charge on any atom is 0.248 e. The van der Waals surface area contributed by atoms with E-state index in [9.17, 15) is 4.79 Å². The van der Waals surface area contributed by atoms with Crippen molar-refractivity contribution in [2.24, 2.45) is 0 Å². The maximum absolute atomic E-state index is 11.2. The summed E-state index contributed by atoms with van der Waals surface area (Å²) < 4.78 is 6.95. The molecule has 8 nitrogen and oxygen atoms in total. The number of carbonyl (C=O) groups is 1. The average Bonchev–Trinajstić information content (AvgIpc) is 3.06. The molecular formula is C14H16N6O2. The number of nitrogens with one attached hydrogen (secondary N) is 1. The lowest BCUT2D eigenvalue weighted by molar-refractivity contribution is -0.120. The number of benzene rings is 1. The minimum atomic E-state index is -0.696. The van der Waals surface area contributed by atoms with Gasteiger partial charge in [0.25, 0.3) is 0 Å². The molecule has 0 aliphatic rings. The van der Waals surface area contributed by atoms with Crippen LogP contribution >= 0.6 is 0 Å². The van der Waals surface area contributed by atoms with E-state index in [0.29, 0.717) is 18.3 Å². The number of hydrogen-bond acceptors (Lipinski definition) is 6. The second kappa shape index (κ2) is 5.21. The molecule has 2 heterocycles. The van der Waals surface area contributed by atoms with Gasteiger partial charge in [-0.25, -0.2) is 4.68 Å². The van der Waals surface area contributed by atoms with Crippen molar-refractivity contribution in [3.05, 3.63) is 36.0 Å². The molecule has 0 unspecified atom stereocenters. The molecule has 0 aliphatic heterocycles. The Balaban J connectivity index is 1.84. The van der Waals surface area contributed by atoms with E-state index < -0.39 is 5.54 Å². The summed E-state index contributed by atoms with van der Waals surface area (Å²) in [4.78, 5) is 15.6. The van der Waals surface area contributed by atoms with E-state index in [4.69, 9.17) is 4.52 Å². The quantitative estimate of drug-likeness (QED) is 0.778. The van der Waals surface area contributed by atoms with Gasteiger partial charge in [0, 0.05) is 6.92 Å². The van der Waals surface area contributed by atoms with E-state index in [1.165, 1.54) is 6.92 Å². The number of nitrogens with zero attached hydrogens (tertiary/aromatic N) is 5. The van der Waals surface area contributed by atoms with Crippen LogP contribution in [-0.4, -0.2) is 31.0 Å². The summed E-state index contributed by atoms with van der Waals surface area (Å²) in [5, 5.41) is 14.9. The highest BCUT2D eigenvalue weighted by molar-refractivity contribution is 5.74. The van der Waals surface area contributed by atoms with Gasteiger partial charge in [-0.2, -0.15) is 4.98 Å². The molecule has 1 N–H and O–H groups in total. The highest BCUT2D eigenvalue weighted by Gasteiger charge is 2.27. The van der Waals surface area contributed by atoms with Gasteiger partial charge < -0.3 is 9.84 Å². The zero-order valence-electron chi connectivity index (χ0n) is 12.6. The van der Waals surface area contributed by atoms with E-state index in [0.717, 1.165) is 11.0 Å². The summed E-state index contributed by atoms with van der Waals surface area (Å²) in [6.07, 6.45) is 0. The first-order chi connectivity index (χ1) is 10.5. The van der Waals surface area contributed by atoms with Gasteiger partial charge in [-0.3, -0.25) is 4.79 Å². The van der Waals surface area contributed by atoms with Crippen LogP contribution in [0, 0.1) is 0 Å². The standard InChI is InChI=1S/C14H16N6O2/c1-9(21)16-14(2,3)13-15-12(22-18-13)8-20-11-7-5-4-6-10(11)17-19-20/h4-7H,8H2,1-3H3,(H,16,21). The molecule has 3 rings (SSSR count). The normalized spacial score (nSPS) is 11.8. The summed E-state index contributed by atoms with van der Waals surface area (Å²) >= 11 is 0. The molecule has 0 saturated carbocycles. The fourth-order valence-electron chi connectivity index (χ4n) is 2.23. The van der Waals surface area contributed by atoms with Gasteiger partial charge in [-0.15, -0.1) is 5.10 Å². The Bertz CT molecular complexity index is 819. The predicted octanol–water partition coefficient (Wildman–Crippen LogP) is 1.23. The lowest BCUT2D eigenvalue weighted by Gasteiger charge is -2.20. The van der Waals surface area contributed by atoms with Gasteiger partial charge >= 0.3 is 0 Å². The topological polar surface area (TPSA) is 98.7 Å². The molecule has 0 aliphatic carbocycles. The minimum Gasteiger partial charge on any atom is -0.344 e. The Morgan fingerprint density at radius 3 is 2.91 bits per heavy atom. The summed E-state index contributed by atoms with van der Waals surface area (Å²) in [6.45, 7) is 5.40. The van der Waals surface area contributed by atoms with Crippen LogP contribution in [0.1, 0.15) is 32.5 Å². The lowest BCUT2D eigenvalue weighted by Crippen LogP contribution is -2.40. The van der Waals surface area contributed by atoms with E-state index in [1.807, 2.05) is 38.1 Å². The fraction of sp³-hybridized carbons (Fsp3) is 0.357. The Morgan fingerprint density at radius 2 is 2.14 bits per heavy atom. The number of amides is 1. The van der Waals surface area contributed by atoms with Crippen molar-refractivity contribution in [2.45, 2.75) is 32.9 Å². The molecule has 8 heteroatoms. The van der Waals surface area contributed by atoms with Crippen LogP contribution in [-0.2, 0) is 16.9 Å². The van der Waals surface area contributed by atoms with Crippen molar-refractivity contribution in [3.63, 3.8) is 0 Å².